The van der Waals surface area contributed by atoms with Crippen LogP contribution in [-0.2, 0) is 33.2 Å². The minimum atomic E-state index is -1.78. The summed E-state index contributed by atoms with van der Waals surface area (Å²) in [6.45, 7) is 0.234. The number of esters is 1. The van der Waals surface area contributed by atoms with E-state index in [0.717, 1.165) is 0 Å². The molecule has 5 aliphatic heterocycles. The standard InChI is InChI=1S/C29H38O16/c1-26-10-28(38)15-7-29(26,27(15,25(44-26)45-28)11-40-22(37)12-5-3-2-4-6-12)43-24-21(36)19(34)17(32)14(42-24)9-39-23-20(35)18(33)16(31)13(8-30)41-23/h2-6,13-21,23-25,30-36,38H,7-11H2,1H3/t13-,14-,15-,16-,17-,18+,19+,20-,21-,23+,24+,25-,26+,27+,28-,29+/m1/s1. The summed E-state index contributed by atoms with van der Waals surface area (Å²) in [5, 5.41) is 83.7. The molecular weight excluding hydrogens is 604 g/mol. The lowest BCUT2D eigenvalue weighted by molar-refractivity contribution is -0.425. The van der Waals surface area contributed by atoms with E-state index in [9.17, 15) is 45.6 Å². The molecule has 6 bridgehead atoms. The first-order valence-electron chi connectivity index (χ1n) is 14.9. The van der Waals surface area contributed by atoms with E-state index in [1.807, 2.05) is 0 Å². The number of ether oxygens (including phenoxy) is 7. The number of aliphatic hydroxyl groups is 8. The van der Waals surface area contributed by atoms with Crippen LogP contribution in [0.25, 0.3) is 0 Å². The van der Waals surface area contributed by atoms with Crippen molar-refractivity contribution >= 4 is 5.97 Å². The molecule has 1 aromatic rings. The minimum absolute atomic E-state index is 0.00713. The SMILES string of the molecule is C[C@@]12C[C@@]3(O)O[C@@H](O1)[C@]1(COC(=O)c4ccccc4)[C@H]3C[C@@]12O[C@@H]1O[C@H](CO[C@H]2O[C@H](CO)[C@@H](O)[C@H](O)[C@H]2O)[C@@H](O)[C@H](O)[C@H]1O. The summed E-state index contributed by atoms with van der Waals surface area (Å²) in [6.07, 6.45) is -16.8. The zero-order valence-corrected chi connectivity index (χ0v) is 24.2. The van der Waals surface area contributed by atoms with Crippen molar-refractivity contribution in [2.24, 2.45) is 11.3 Å². The van der Waals surface area contributed by atoms with Gasteiger partial charge in [0, 0.05) is 12.3 Å². The van der Waals surface area contributed by atoms with Gasteiger partial charge in [-0.2, -0.15) is 0 Å². The largest absolute Gasteiger partial charge is 0.461 e. The Kier molecular flexibility index (Phi) is 7.63. The zero-order valence-electron chi connectivity index (χ0n) is 24.2. The highest BCUT2D eigenvalue weighted by molar-refractivity contribution is 5.89. The second kappa shape index (κ2) is 10.8. The molecule has 250 valence electrons. The van der Waals surface area contributed by atoms with Crippen LogP contribution in [0.15, 0.2) is 30.3 Å². The predicted molar refractivity (Wildman–Crippen MR) is 141 cm³/mol. The van der Waals surface area contributed by atoms with Crippen LogP contribution in [-0.4, -0.2) is 151 Å². The zero-order chi connectivity index (χ0) is 32.1. The van der Waals surface area contributed by atoms with E-state index in [4.69, 9.17) is 33.2 Å². The Labute approximate surface area is 256 Å². The van der Waals surface area contributed by atoms with Gasteiger partial charge in [-0.15, -0.1) is 0 Å². The van der Waals surface area contributed by atoms with Crippen LogP contribution in [0.1, 0.15) is 30.1 Å². The normalized spacial score (nSPS) is 52.9. The molecule has 16 nitrogen and oxygen atoms in total. The summed E-state index contributed by atoms with van der Waals surface area (Å²) < 4.78 is 41.2. The number of hydrogen-bond donors (Lipinski definition) is 8. The lowest BCUT2D eigenvalue weighted by Gasteiger charge is -2.67. The summed E-state index contributed by atoms with van der Waals surface area (Å²) in [7, 11) is 0. The van der Waals surface area contributed by atoms with Gasteiger partial charge in [0.2, 0.25) is 0 Å². The monoisotopic (exact) mass is 642 g/mol. The molecule has 0 aromatic heterocycles. The molecule has 45 heavy (non-hydrogen) atoms. The number of carbonyl (C=O) groups is 1. The average molecular weight is 643 g/mol. The van der Waals surface area contributed by atoms with Gasteiger partial charge in [0.15, 0.2) is 24.7 Å². The van der Waals surface area contributed by atoms with Gasteiger partial charge in [0.05, 0.1) is 24.2 Å². The first kappa shape index (κ1) is 31.7. The van der Waals surface area contributed by atoms with Gasteiger partial charge in [-0.3, -0.25) is 0 Å². The molecular formula is C29H38O16. The number of hydrogen-bond acceptors (Lipinski definition) is 16. The van der Waals surface area contributed by atoms with Crippen LogP contribution >= 0.6 is 0 Å². The van der Waals surface area contributed by atoms with Gasteiger partial charge in [0.1, 0.15) is 66.6 Å². The third-order valence-electron chi connectivity index (χ3n) is 10.7. The van der Waals surface area contributed by atoms with Crippen molar-refractivity contribution in [1.29, 1.82) is 0 Å². The second-order valence-electron chi connectivity index (χ2n) is 13.0. The Morgan fingerprint density at radius 1 is 0.889 bits per heavy atom. The van der Waals surface area contributed by atoms with Gasteiger partial charge in [-0.25, -0.2) is 4.79 Å². The molecule has 8 fully saturated rings. The van der Waals surface area contributed by atoms with Crippen LogP contribution in [0.3, 0.4) is 0 Å². The molecule has 8 aliphatic rings. The van der Waals surface area contributed by atoms with E-state index in [1.165, 1.54) is 0 Å². The first-order valence-corrected chi connectivity index (χ1v) is 14.9. The summed E-state index contributed by atoms with van der Waals surface area (Å²) in [6, 6.07) is 8.33. The number of aliphatic hydroxyl groups excluding tert-OH is 7. The van der Waals surface area contributed by atoms with E-state index in [0.29, 0.717) is 5.56 Å². The van der Waals surface area contributed by atoms with Crippen molar-refractivity contribution in [3.63, 3.8) is 0 Å². The highest BCUT2D eigenvalue weighted by Crippen LogP contribution is 2.81. The van der Waals surface area contributed by atoms with Gasteiger partial charge in [-0.05, 0) is 25.5 Å². The highest BCUT2D eigenvalue weighted by Gasteiger charge is 2.94. The van der Waals surface area contributed by atoms with Crippen molar-refractivity contribution in [1.82, 2.24) is 0 Å². The lowest BCUT2D eigenvalue weighted by Crippen LogP contribution is -2.80. The summed E-state index contributed by atoms with van der Waals surface area (Å²) in [5.41, 5.74) is -3.41. The van der Waals surface area contributed by atoms with Gasteiger partial charge in [-0.1, -0.05) is 18.2 Å². The van der Waals surface area contributed by atoms with Crippen molar-refractivity contribution < 1.29 is 78.8 Å². The first-order chi connectivity index (χ1) is 21.3. The molecule has 0 amide bonds. The maximum absolute atomic E-state index is 12.9. The second-order valence-corrected chi connectivity index (χ2v) is 13.0. The Morgan fingerprint density at radius 2 is 1.53 bits per heavy atom. The highest BCUT2D eigenvalue weighted by atomic mass is 16.8. The fraction of sp³-hybridized carbons (Fsp3) is 0.759. The summed E-state index contributed by atoms with van der Waals surface area (Å²) >= 11 is 0. The Balaban J connectivity index is 1.10. The Morgan fingerprint density at radius 3 is 2.22 bits per heavy atom. The smallest absolute Gasteiger partial charge is 0.338 e. The predicted octanol–water partition coefficient (Wildman–Crippen LogP) is -3.53. The third kappa shape index (κ3) is 4.33. The van der Waals surface area contributed by atoms with Crippen molar-refractivity contribution in [3.05, 3.63) is 35.9 Å². The van der Waals surface area contributed by atoms with Gasteiger partial charge in [0.25, 0.3) is 0 Å². The number of benzene rings is 1. The van der Waals surface area contributed by atoms with Crippen molar-refractivity contribution in [3.8, 4) is 0 Å². The number of carbonyl (C=O) groups excluding carboxylic acids is 1. The molecule has 0 radical (unpaired) electrons. The molecule has 5 heterocycles. The molecule has 0 unspecified atom stereocenters. The van der Waals surface area contributed by atoms with Crippen LogP contribution in [0, 0.1) is 11.3 Å². The van der Waals surface area contributed by atoms with Crippen LogP contribution in [0.2, 0.25) is 0 Å². The van der Waals surface area contributed by atoms with Crippen LogP contribution in [0.4, 0.5) is 0 Å². The quantitative estimate of drug-likeness (QED) is 0.122. The minimum Gasteiger partial charge on any atom is -0.461 e. The molecule has 16 atom stereocenters. The molecule has 1 aromatic carbocycles. The van der Waals surface area contributed by atoms with E-state index >= 15 is 0 Å². The fourth-order valence-corrected chi connectivity index (χ4v) is 8.26. The van der Waals surface area contributed by atoms with Gasteiger partial charge >= 0.3 is 5.97 Å². The molecule has 16 heteroatoms. The Bertz CT molecular complexity index is 1280. The molecule has 3 saturated carbocycles. The van der Waals surface area contributed by atoms with E-state index in [1.54, 1.807) is 37.3 Å². The van der Waals surface area contributed by atoms with E-state index in [-0.39, 0.29) is 19.4 Å². The molecule has 5 saturated heterocycles. The number of rotatable bonds is 9. The summed E-state index contributed by atoms with van der Waals surface area (Å²) in [4.78, 5) is 12.9. The maximum atomic E-state index is 12.9. The lowest BCUT2D eigenvalue weighted by atomic mass is 9.41. The molecule has 3 aliphatic carbocycles. The van der Waals surface area contributed by atoms with Crippen LogP contribution in [0.5, 0.6) is 0 Å². The average Bonchev–Trinajstić information content (AvgIpc) is 3.21. The third-order valence-corrected chi connectivity index (χ3v) is 10.7. The molecule has 8 N–H and O–H groups in total. The van der Waals surface area contributed by atoms with Crippen molar-refractivity contribution in [2.75, 3.05) is 19.8 Å². The van der Waals surface area contributed by atoms with Crippen LogP contribution < -0.4 is 0 Å². The molecule has 9 rings (SSSR count). The maximum Gasteiger partial charge on any atom is 0.338 e. The molecule has 0 spiro atoms. The summed E-state index contributed by atoms with van der Waals surface area (Å²) in [5.74, 6) is -2.73. The fourth-order valence-electron chi connectivity index (χ4n) is 8.26. The van der Waals surface area contributed by atoms with E-state index in [2.05, 4.69) is 0 Å². The van der Waals surface area contributed by atoms with Crippen molar-refractivity contribution in [2.45, 2.75) is 104 Å². The Hall–Kier alpha value is -1.87. The van der Waals surface area contributed by atoms with Gasteiger partial charge < -0.3 is 74.0 Å². The topological polar surface area (TPSA) is 244 Å². The van der Waals surface area contributed by atoms with E-state index < -0.39 is 115 Å².